The average Bonchev–Trinajstić information content (AvgIpc) is 2.35. The summed E-state index contributed by atoms with van der Waals surface area (Å²) in [4.78, 5) is 2.43. The van der Waals surface area contributed by atoms with Crippen LogP contribution in [0.15, 0.2) is 52.3 Å². The third kappa shape index (κ3) is 2.25. The summed E-state index contributed by atoms with van der Waals surface area (Å²) in [5.74, 6) is 2.63. The van der Waals surface area contributed by atoms with Gasteiger partial charge in [-0.3, -0.25) is 0 Å². The van der Waals surface area contributed by atoms with E-state index < -0.39 is 0 Å². The van der Waals surface area contributed by atoms with Gasteiger partial charge in [-0.1, -0.05) is 43.8 Å². The highest BCUT2D eigenvalue weighted by Gasteiger charge is 2.17. The predicted molar refractivity (Wildman–Crippen MR) is 75.6 cm³/mol. The summed E-state index contributed by atoms with van der Waals surface area (Å²) in [5.41, 5.74) is 1.39. The van der Waals surface area contributed by atoms with Crippen molar-refractivity contribution < 1.29 is 4.74 Å². The van der Waals surface area contributed by atoms with Crippen molar-refractivity contribution in [2.45, 2.75) is 30.1 Å². The molecule has 18 heavy (non-hydrogen) atoms. The van der Waals surface area contributed by atoms with Crippen molar-refractivity contribution in [2.75, 3.05) is 0 Å². The molecule has 0 N–H and O–H groups in total. The summed E-state index contributed by atoms with van der Waals surface area (Å²) in [7, 11) is 0. The number of hydrogen-bond acceptors (Lipinski definition) is 2. The molecule has 0 radical (unpaired) electrons. The van der Waals surface area contributed by atoms with Gasteiger partial charge in [0.25, 0.3) is 0 Å². The van der Waals surface area contributed by atoms with Crippen LogP contribution in [-0.2, 0) is 6.42 Å². The Bertz CT molecular complexity index is 575. The largest absolute Gasteiger partial charge is 0.455 e. The van der Waals surface area contributed by atoms with Gasteiger partial charge in [0.1, 0.15) is 11.5 Å². The zero-order valence-corrected chi connectivity index (χ0v) is 11.5. The molecule has 1 nitrogen and oxygen atoms in total. The van der Waals surface area contributed by atoms with Gasteiger partial charge in [0, 0.05) is 0 Å². The Morgan fingerprint density at radius 2 is 1.78 bits per heavy atom. The van der Waals surface area contributed by atoms with E-state index in [1.165, 1.54) is 15.4 Å². The van der Waals surface area contributed by atoms with Gasteiger partial charge >= 0.3 is 0 Å². The molecule has 2 heteroatoms. The molecule has 2 aromatic carbocycles. The predicted octanol–water partition coefficient (Wildman–Crippen LogP) is 5.14. The Balaban J connectivity index is 1.93. The average molecular weight is 256 g/mol. The van der Waals surface area contributed by atoms with Crippen molar-refractivity contribution in [1.29, 1.82) is 0 Å². The topological polar surface area (TPSA) is 9.23 Å². The molecule has 0 unspecified atom stereocenters. The second kappa shape index (κ2) is 4.69. The first kappa shape index (κ1) is 11.7. The van der Waals surface area contributed by atoms with Crippen LogP contribution in [0, 0.1) is 5.92 Å². The fourth-order valence-corrected chi connectivity index (χ4v) is 3.19. The van der Waals surface area contributed by atoms with E-state index in [4.69, 9.17) is 4.74 Å². The molecule has 0 fully saturated rings. The minimum atomic E-state index is 0.685. The molecular weight excluding hydrogens is 240 g/mol. The van der Waals surface area contributed by atoms with Crippen molar-refractivity contribution >= 4 is 11.8 Å². The van der Waals surface area contributed by atoms with Crippen molar-refractivity contribution in [1.82, 2.24) is 0 Å². The molecule has 2 aromatic rings. The van der Waals surface area contributed by atoms with Gasteiger partial charge in [0.15, 0.2) is 0 Å². The van der Waals surface area contributed by atoms with Crippen molar-refractivity contribution in [2.24, 2.45) is 5.92 Å². The van der Waals surface area contributed by atoms with Crippen LogP contribution in [-0.4, -0.2) is 0 Å². The number of ether oxygens (including phenoxy) is 1. The molecule has 0 saturated carbocycles. The fourth-order valence-electron chi connectivity index (χ4n) is 2.17. The van der Waals surface area contributed by atoms with E-state index in [9.17, 15) is 0 Å². The zero-order chi connectivity index (χ0) is 12.5. The molecule has 1 aliphatic heterocycles. The molecule has 0 aromatic heterocycles. The van der Waals surface area contributed by atoms with Crippen LogP contribution in [0.4, 0.5) is 0 Å². The Morgan fingerprint density at radius 1 is 1.00 bits per heavy atom. The lowest BCUT2D eigenvalue weighted by atomic mass is 10.0. The third-order valence-corrected chi connectivity index (χ3v) is 4.04. The van der Waals surface area contributed by atoms with E-state index in [0.717, 1.165) is 17.9 Å². The van der Waals surface area contributed by atoms with Crippen LogP contribution < -0.4 is 4.74 Å². The van der Waals surface area contributed by atoms with Crippen LogP contribution in [0.1, 0.15) is 19.4 Å². The van der Waals surface area contributed by atoms with E-state index in [1.54, 1.807) is 11.8 Å². The first-order valence-corrected chi connectivity index (χ1v) is 7.11. The Labute approximate surface area is 112 Å². The van der Waals surface area contributed by atoms with E-state index in [-0.39, 0.29) is 0 Å². The summed E-state index contributed by atoms with van der Waals surface area (Å²) in [6.07, 6.45) is 1.12. The Morgan fingerprint density at radius 3 is 2.61 bits per heavy atom. The molecule has 1 aliphatic rings. The lowest BCUT2D eigenvalue weighted by Gasteiger charge is -2.20. The molecule has 0 aliphatic carbocycles. The molecule has 1 heterocycles. The van der Waals surface area contributed by atoms with Crippen LogP contribution in [0.3, 0.4) is 0 Å². The normalized spacial score (nSPS) is 12.8. The molecule has 3 rings (SSSR count). The lowest BCUT2D eigenvalue weighted by molar-refractivity contribution is 0.454. The highest BCUT2D eigenvalue weighted by atomic mass is 32.2. The monoisotopic (exact) mass is 256 g/mol. The van der Waals surface area contributed by atoms with Crippen LogP contribution in [0.25, 0.3) is 0 Å². The van der Waals surface area contributed by atoms with E-state index >= 15 is 0 Å². The van der Waals surface area contributed by atoms with Gasteiger partial charge in [-0.25, -0.2) is 0 Å². The Kier molecular flexibility index (Phi) is 3.04. The maximum absolute atomic E-state index is 5.92. The second-order valence-electron chi connectivity index (χ2n) is 5.03. The highest BCUT2D eigenvalue weighted by Crippen LogP contribution is 2.47. The SMILES string of the molecule is CC(C)Cc1ccc2c(c1)Sc1ccccc1O2. The quantitative estimate of drug-likeness (QED) is 0.627. The van der Waals surface area contributed by atoms with E-state index in [1.807, 2.05) is 12.1 Å². The number of rotatable bonds is 2. The van der Waals surface area contributed by atoms with Crippen LogP contribution in [0.2, 0.25) is 0 Å². The second-order valence-corrected chi connectivity index (χ2v) is 6.11. The first-order chi connectivity index (χ1) is 8.72. The minimum absolute atomic E-state index is 0.685. The first-order valence-electron chi connectivity index (χ1n) is 6.30. The maximum atomic E-state index is 5.92. The van der Waals surface area contributed by atoms with Gasteiger partial charge in [-0.2, -0.15) is 0 Å². The van der Waals surface area contributed by atoms with Crippen molar-refractivity contribution in [3.8, 4) is 11.5 Å². The lowest BCUT2D eigenvalue weighted by Crippen LogP contribution is -1.98. The molecular formula is C16H16OS. The summed E-state index contributed by atoms with van der Waals surface area (Å²) in [6.45, 7) is 4.50. The van der Waals surface area contributed by atoms with Crippen LogP contribution >= 0.6 is 11.8 Å². The fraction of sp³-hybridized carbons (Fsp3) is 0.250. The van der Waals surface area contributed by atoms with E-state index in [2.05, 4.69) is 44.2 Å². The highest BCUT2D eigenvalue weighted by molar-refractivity contribution is 7.99. The minimum Gasteiger partial charge on any atom is -0.455 e. The zero-order valence-electron chi connectivity index (χ0n) is 10.6. The number of para-hydroxylation sites is 1. The van der Waals surface area contributed by atoms with Crippen molar-refractivity contribution in [3.05, 3.63) is 48.0 Å². The number of hydrogen-bond donors (Lipinski definition) is 0. The third-order valence-electron chi connectivity index (χ3n) is 2.94. The molecule has 92 valence electrons. The Hall–Kier alpha value is -1.41. The van der Waals surface area contributed by atoms with Gasteiger partial charge in [-0.15, -0.1) is 0 Å². The van der Waals surface area contributed by atoms with Crippen molar-refractivity contribution in [3.63, 3.8) is 0 Å². The number of benzene rings is 2. The number of fused-ring (bicyclic) bond motifs is 2. The molecule has 0 saturated heterocycles. The summed E-state index contributed by atoms with van der Waals surface area (Å²) < 4.78 is 5.92. The molecule has 0 atom stereocenters. The van der Waals surface area contributed by atoms with Gasteiger partial charge in [-0.05, 0) is 42.2 Å². The standard InChI is InChI=1S/C16H16OS/c1-11(2)9-12-7-8-14-16(10-12)18-15-6-4-3-5-13(15)17-14/h3-8,10-11H,9H2,1-2H3. The maximum Gasteiger partial charge on any atom is 0.141 e. The molecule has 0 amide bonds. The molecule has 0 bridgehead atoms. The van der Waals surface area contributed by atoms with Gasteiger partial charge in [0.2, 0.25) is 0 Å². The van der Waals surface area contributed by atoms with E-state index in [0.29, 0.717) is 5.92 Å². The summed E-state index contributed by atoms with van der Waals surface area (Å²) >= 11 is 1.80. The van der Waals surface area contributed by atoms with Gasteiger partial charge in [0.05, 0.1) is 9.79 Å². The van der Waals surface area contributed by atoms with Crippen LogP contribution in [0.5, 0.6) is 11.5 Å². The molecule has 0 spiro atoms. The van der Waals surface area contributed by atoms with Gasteiger partial charge < -0.3 is 4.74 Å². The smallest absolute Gasteiger partial charge is 0.141 e. The summed E-state index contributed by atoms with van der Waals surface area (Å²) in [5, 5.41) is 0. The summed E-state index contributed by atoms with van der Waals surface area (Å²) in [6, 6.07) is 14.7.